The third-order valence-electron chi connectivity index (χ3n) is 3.77. The van der Waals surface area contributed by atoms with Crippen LogP contribution in [-0.4, -0.2) is 17.4 Å². The van der Waals surface area contributed by atoms with Gasteiger partial charge in [-0.2, -0.15) is 0 Å². The fourth-order valence-corrected chi connectivity index (χ4v) is 2.40. The van der Waals surface area contributed by atoms with Crippen molar-refractivity contribution < 1.29 is 54.3 Å². The van der Waals surface area contributed by atoms with Gasteiger partial charge in [-0.3, -0.25) is 9.98 Å². The second-order valence-corrected chi connectivity index (χ2v) is 6.18. The second-order valence-electron chi connectivity index (χ2n) is 6.18. The molecule has 153 valence electrons. The van der Waals surface area contributed by atoms with E-state index in [1.54, 1.807) is 12.4 Å². The summed E-state index contributed by atoms with van der Waals surface area (Å²) in [7, 11) is 0. The summed E-state index contributed by atoms with van der Waals surface area (Å²) in [5.74, 6) is 0. The summed E-state index contributed by atoms with van der Waals surface area (Å²) in [6.45, 7) is 6.18. The SMILES string of the molecule is Cc1ccc(N=Cc2cc(C)cc(C=Nc3ccc(C)cc3)n2)cc1.[Cl-].[Cl-].[Cl-].[Fe+3]. The Balaban J connectivity index is 0. The average Bonchev–Trinajstić information content (AvgIpc) is 2.60. The van der Waals surface area contributed by atoms with Gasteiger partial charge in [0.25, 0.3) is 0 Å². The van der Waals surface area contributed by atoms with Crippen LogP contribution in [0.2, 0.25) is 0 Å². The zero-order chi connectivity index (χ0) is 17.6. The topological polar surface area (TPSA) is 37.6 Å². The fourth-order valence-electron chi connectivity index (χ4n) is 2.40. The summed E-state index contributed by atoms with van der Waals surface area (Å²) in [6, 6.07) is 20.2. The standard InChI is InChI=1S/C22H21N3.3ClH.Fe/c1-16-4-8-19(9-5-16)23-14-21-12-18(3)13-22(25-21)15-24-20-10-6-17(2)7-11-20;;;;/h4-15H,1-3H3;3*1H;/q;;;;+3/p-3. The van der Waals surface area contributed by atoms with Crippen LogP contribution in [0.4, 0.5) is 11.4 Å². The van der Waals surface area contributed by atoms with Gasteiger partial charge >= 0.3 is 17.1 Å². The largest absolute Gasteiger partial charge is 3.00 e. The summed E-state index contributed by atoms with van der Waals surface area (Å²) >= 11 is 0. The minimum atomic E-state index is 0. The van der Waals surface area contributed by atoms with Crippen molar-refractivity contribution in [2.24, 2.45) is 9.98 Å². The Kier molecular flexibility index (Phi) is 14.6. The molecule has 1 aromatic heterocycles. The van der Waals surface area contributed by atoms with Crippen LogP contribution in [0, 0.1) is 20.8 Å². The normalized spacial score (nSPS) is 9.90. The van der Waals surface area contributed by atoms with Gasteiger partial charge in [-0.1, -0.05) is 35.4 Å². The van der Waals surface area contributed by atoms with E-state index in [4.69, 9.17) is 0 Å². The van der Waals surface area contributed by atoms with Crippen molar-refractivity contribution in [2.45, 2.75) is 20.8 Å². The molecule has 7 heteroatoms. The molecule has 0 aliphatic rings. The van der Waals surface area contributed by atoms with E-state index in [1.165, 1.54) is 11.1 Å². The molecule has 0 aliphatic carbocycles. The Morgan fingerprint density at radius 3 is 1.28 bits per heavy atom. The molecule has 1 heterocycles. The Morgan fingerprint density at radius 1 is 0.586 bits per heavy atom. The van der Waals surface area contributed by atoms with Crippen LogP contribution < -0.4 is 37.2 Å². The number of benzene rings is 2. The maximum atomic E-state index is 4.60. The van der Waals surface area contributed by atoms with Gasteiger partial charge in [-0.05, 0) is 62.7 Å². The van der Waals surface area contributed by atoms with Gasteiger partial charge in [-0.15, -0.1) is 0 Å². The first-order valence-corrected chi connectivity index (χ1v) is 8.29. The Labute approximate surface area is 201 Å². The Morgan fingerprint density at radius 2 is 0.931 bits per heavy atom. The number of aliphatic imine (C=N–C) groups is 2. The van der Waals surface area contributed by atoms with Gasteiger partial charge < -0.3 is 37.2 Å². The van der Waals surface area contributed by atoms with Gasteiger partial charge in [0.1, 0.15) is 0 Å². The van der Waals surface area contributed by atoms with Crippen LogP contribution in [0.1, 0.15) is 28.1 Å². The Hall–Kier alpha value is -1.68. The molecule has 0 amide bonds. The van der Waals surface area contributed by atoms with E-state index in [0.29, 0.717) is 0 Å². The molecule has 0 N–H and O–H groups in total. The van der Waals surface area contributed by atoms with Crippen LogP contribution in [0.5, 0.6) is 0 Å². The molecule has 0 saturated heterocycles. The molecule has 29 heavy (non-hydrogen) atoms. The van der Waals surface area contributed by atoms with E-state index in [2.05, 4.69) is 53.1 Å². The maximum Gasteiger partial charge on any atom is 3.00 e. The van der Waals surface area contributed by atoms with Gasteiger partial charge in [0, 0.05) is 0 Å². The molecular weight excluding hydrogens is 468 g/mol. The summed E-state index contributed by atoms with van der Waals surface area (Å²) in [4.78, 5) is 13.6. The van der Waals surface area contributed by atoms with Crippen molar-refractivity contribution in [3.63, 3.8) is 0 Å². The predicted octanol–water partition coefficient (Wildman–Crippen LogP) is -3.48. The molecular formula is C22H21Cl3FeN3. The summed E-state index contributed by atoms with van der Waals surface area (Å²) in [6.07, 6.45) is 3.59. The molecule has 2 aromatic carbocycles. The molecule has 3 nitrogen and oxygen atoms in total. The number of halogens is 3. The smallest absolute Gasteiger partial charge is 1.00 e. The Bertz CT molecular complexity index is 851. The minimum Gasteiger partial charge on any atom is -1.00 e. The molecule has 1 radical (unpaired) electrons. The maximum absolute atomic E-state index is 4.60. The zero-order valence-corrected chi connectivity index (χ0v) is 19.6. The zero-order valence-electron chi connectivity index (χ0n) is 16.3. The van der Waals surface area contributed by atoms with Crippen molar-refractivity contribution in [2.75, 3.05) is 0 Å². The number of aromatic nitrogens is 1. The molecule has 0 spiro atoms. The minimum absolute atomic E-state index is 0. The van der Waals surface area contributed by atoms with Crippen LogP contribution in [0.25, 0.3) is 0 Å². The number of hydrogen-bond acceptors (Lipinski definition) is 3. The van der Waals surface area contributed by atoms with Gasteiger partial charge in [0.05, 0.1) is 35.2 Å². The van der Waals surface area contributed by atoms with Crippen molar-refractivity contribution in [1.82, 2.24) is 4.98 Å². The first kappa shape index (κ1) is 29.5. The van der Waals surface area contributed by atoms with Gasteiger partial charge in [0.2, 0.25) is 0 Å². The number of pyridine rings is 1. The van der Waals surface area contributed by atoms with Crippen molar-refractivity contribution in [3.05, 3.63) is 88.7 Å². The number of nitrogens with zero attached hydrogens (tertiary/aromatic N) is 3. The molecule has 0 saturated carbocycles. The summed E-state index contributed by atoms with van der Waals surface area (Å²) in [5.41, 5.74) is 7.07. The van der Waals surface area contributed by atoms with E-state index in [0.717, 1.165) is 28.3 Å². The van der Waals surface area contributed by atoms with E-state index >= 15 is 0 Å². The van der Waals surface area contributed by atoms with Crippen LogP contribution in [0.15, 0.2) is 70.6 Å². The van der Waals surface area contributed by atoms with E-state index in [-0.39, 0.29) is 54.3 Å². The molecule has 0 unspecified atom stereocenters. The average molecular weight is 490 g/mol. The number of aryl methyl sites for hydroxylation is 3. The molecule has 0 bridgehead atoms. The summed E-state index contributed by atoms with van der Waals surface area (Å²) < 4.78 is 0. The number of hydrogen-bond donors (Lipinski definition) is 0. The molecule has 0 atom stereocenters. The van der Waals surface area contributed by atoms with E-state index in [1.807, 2.05) is 43.3 Å². The monoisotopic (exact) mass is 488 g/mol. The predicted molar refractivity (Wildman–Crippen MR) is 106 cm³/mol. The van der Waals surface area contributed by atoms with E-state index < -0.39 is 0 Å². The van der Waals surface area contributed by atoms with E-state index in [9.17, 15) is 0 Å². The molecule has 0 aliphatic heterocycles. The third kappa shape index (κ3) is 9.58. The van der Waals surface area contributed by atoms with Crippen LogP contribution >= 0.6 is 0 Å². The van der Waals surface area contributed by atoms with Crippen LogP contribution in [0.3, 0.4) is 0 Å². The third-order valence-corrected chi connectivity index (χ3v) is 3.77. The quantitative estimate of drug-likeness (QED) is 0.277. The fraction of sp³-hybridized carbons (Fsp3) is 0.136. The first-order chi connectivity index (χ1) is 12.1. The molecule has 0 fully saturated rings. The van der Waals surface area contributed by atoms with Crippen LogP contribution in [-0.2, 0) is 17.1 Å². The van der Waals surface area contributed by atoms with Crippen molar-refractivity contribution in [3.8, 4) is 0 Å². The second kappa shape index (κ2) is 14.3. The molecule has 3 aromatic rings. The summed E-state index contributed by atoms with van der Waals surface area (Å²) in [5, 5.41) is 0. The molecule has 3 rings (SSSR count). The van der Waals surface area contributed by atoms with Crippen molar-refractivity contribution in [1.29, 1.82) is 0 Å². The van der Waals surface area contributed by atoms with Gasteiger partial charge in [-0.25, -0.2) is 4.98 Å². The number of rotatable bonds is 4. The first-order valence-electron chi connectivity index (χ1n) is 8.29. The van der Waals surface area contributed by atoms with Gasteiger partial charge in [0.15, 0.2) is 0 Å². The van der Waals surface area contributed by atoms with Crippen molar-refractivity contribution >= 4 is 23.8 Å².